The van der Waals surface area contributed by atoms with Crippen LogP contribution in [-0.4, -0.2) is 26.2 Å². The largest absolute Gasteiger partial charge is 0.354 e. The van der Waals surface area contributed by atoms with Crippen LogP contribution in [0.15, 0.2) is 89.8 Å². The molecule has 2 aliphatic rings. The molecule has 0 amide bonds. The van der Waals surface area contributed by atoms with Crippen LogP contribution in [0.1, 0.15) is 72.8 Å². The molecule has 8 bridgehead atoms. The molecular weight excluding hydrogens is 737 g/mol. The van der Waals surface area contributed by atoms with Crippen molar-refractivity contribution in [3.63, 3.8) is 0 Å². The van der Waals surface area contributed by atoms with Crippen LogP contribution >= 0.6 is 11.8 Å². The van der Waals surface area contributed by atoms with E-state index in [0.717, 1.165) is 72.7 Å². The van der Waals surface area contributed by atoms with Crippen LogP contribution in [0.4, 0.5) is 0 Å². The average Bonchev–Trinajstić information content (AvgIpc) is 4.02. The van der Waals surface area contributed by atoms with E-state index in [2.05, 4.69) is 188 Å². The highest BCUT2D eigenvalue weighted by Crippen LogP contribution is 2.42. The van der Waals surface area contributed by atoms with Gasteiger partial charge in [-0.2, -0.15) is 0 Å². The number of aromatic amines is 2. The number of nitrogens with zero attached hydrogens (tertiary/aromatic N) is 2. The second kappa shape index (κ2) is 14.9. The number of nitrogens with one attached hydrogen (secondary N) is 2. The molecule has 4 nitrogen and oxygen atoms in total. The van der Waals surface area contributed by atoms with E-state index < -0.39 is 0 Å². The van der Waals surface area contributed by atoms with Crippen molar-refractivity contribution < 1.29 is 0 Å². The monoisotopic (exact) mass is 786 g/mol. The van der Waals surface area contributed by atoms with Gasteiger partial charge in [0.1, 0.15) is 0 Å². The lowest BCUT2D eigenvalue weighted by Gasteiger charge is -2.14. The summed E-state index contributed by atoms with van der Waals surface area (Å²) in [6, 6.07) is 31.5. The lowest BCUT2D eigenvalue weighted by Crippen LogP contribution is -1.97. The quantitative estimate of drug-likeness (QED) is 0.171. The Hall–Kier alpha value is -6.17. The highest BCUT2D eigenvalue weighted by molar-refractivity contribution is 7.98. The van der Waals surface area contributed by atoms with Gasteiger partial charge in [0.25, 0.3) is 0 Å². The molecular formula is C54H50N4S. The molecule has 5 heteroatoms. The molecule has 2 N–H and O–H groups in total. The molecule has 59 heavy (non-hydrogen) atoms. The summed E-state index contributed by atoms with van der Waals surface area (Å²) in [6.07, 6.45) is 10.9. The Morgan fingerprint density at radius 1 is 0.356 bits per heavy atom. The fourth-order valence-corrected chi connectivity index (χ4v) is 10.2. The van der Waals surface area contributed by atoms with Gasteiger partial charge in [-0.15, -0.1) is 11.8 Å². The maximum atomic E-state index is 5.60. The van der Waals surface area contributed by atoms with Crippen molar-refractivity contribution in [2.75, 3.05) is 6.26 Å². The summed E-state index contributed by atoms with van der Waals surface area (Å²) in [5.74, 6) is 0. The minimum atomic E-state index is 0.908. The Morgan fingerprint density at radius 3 is 1.00 bits per heavy atom. The van der Waals surface area contributed by atoms with Crippen molar-refractivity contribution in [1.29, 1.82) is 0 Å². The molecule has 4 aromatic carbocycles. The molecule has 0 radical (unpaired) electrons. The van der Waals surface area contributed by atoms with Gasteiger partial charge >= 0.3 is 0 Å². The zero-order chi connectivity index (χ0) is 41.3. The number of thioether (sulfide) groups is 1. The van der Waals surface area contributed by atoms with Gasteiger partial charge < -0.3 is 9.97 Å². The Balaban J connectivity index is 1.52. The summed E-state index contributed by atoms with van der Waals surface area (Å²) in [4.78, 5) is 20.3. The summed E-state index contributed by atoms with van der Waals surface area (Å²) >= 11 is 1.76. The highest BCUT2D eigenvalue weighted by atomic mass is 32.2. The zero-order valence-electron chi connectivity index (χ0n) is 35.7. The Morgan fingerprint density at radius 2 is 0.661 bits per heavy atom. The van der Waals surface area contributed by atoms with Crippen LogP contribution in [0.3, 0.4) is 0 Å². The van der Waals surface area contributed by atoms with Crippen LogP contribution in [-0.2, 0) is 0 Å². The van der Waals surface area contributed by atoms with E-state index in [1.165, 1.54) is 71.7 Å². The lowest BCUT2D eigenvalue weighted by atomic mass is 9.92. The first kappa shape index (κ1) is 38.4. The lowest BCUT2D eigenvalue weighted by molar-refractivity contribution is 1.24. The van der Waals surface area contributed by atoms with Gasteiger partial charge in [0.05, 0.1) is 22.8 Å². The summed E-state index contributed by atoms with van der Waals surface area (Å²) in [7, 11) is 0. The normalized spacial score (nSPS) is 12.2. The molecule has 0 fully saturated rings. The van der Waals surface area contributed by atoms with Crippen LogP contribution < -0.4 is 0 Å². The number of rotatable bonds is 5. The number of aryl methyl sites for hydroxylation is 9. The summed E-state index contributed by atoms with van der Waals surface area (Å²) in [5.41, 5.74) is 27.8. The van der Waals surface area contributed by atoms with Crippen LogP contribution in [0, 0.1) is 62.3 Å². The minimum absolute atomic E-state index is 0.908. The van der Waals surface area contributed by atoms with Gasteiger partial charge in [0.15, 0.2) is 0 Å². The van der Waals surface area contributed by atoms with Crippen molar-refractivity contribution in [2.45, 2.75) is 67.2 Å². The van der Waals surface area contributed by atoms with E-state index >= 15 is 0 Å². The van der Waals surface area contributed by atoms with E-state index in [-0.39, 0.29) is 0 Å². The first-order valence-electron chi connectivity index (χ1n) is 20.4. The number of fused-ring (bicyclic) bond motifs is 8. The summed E-state index contributed by atoms with van der Waals surface area (Å²) < 4.78 is 0. The summed E-state index contributed by atoms with van der Waals surface area (Å²) in [5, 5.41) is 0. The third-order valence-electron chi connectivity index (χ3n) is 11.9. The molecule has 0 saturated heterocycles. The maximum absolute atomic E-state index is 5.60. The second-order valence-corrected chi connectivity index (χ2v) is 17.4. The second-order valence-electron chi connectivity index (χ2n) is 16.6. The molecule has 3 aromatic heterocycles. The molecule has 292 valence electrons. The van der Waals surface area contributed by atoms with E-state index in [9.17, 15) is 0 Å². The fraction of sp³-hybridized carbons (Fsp3) is 0.185. The van der Waals surface area contributed by atoms with Gasteiger partial charge in [-0.3, -0.25) is 0 Å². The third-order valence-corrected chi connectivity index (χ3v) is 12.7. The van der Waals surface area contributed by atoms with E-state index in [4.69, 9.17) is 9.97 Å². The van der Waals surface area contributed by atoms with Gasteiger partial charge in [0, 0.05) is 49.2 Å². The van der Waals surface area contributed by atoms with Gasteiger partial charge in [-0.1, -0.05) is 65.2 Å². The van der Waals surface area contributed by atoms with Crippen LogP contribution in [0.2, 0.25) is 0 Å². The number of hydrogen-bond donors (Lipinski definition) is 2. The van der Waals surface area contributed by atoms with E-state index in [0.29, 0.717) is 0 Å². The molecule has 2 aliphatic heterocycles. The first-order chi connectivity index (χ1) is 28.4. The van der Waals surface area contributed by atoms with E-state index in [1.807, 2.05) is 0 Å². The maximum Gasteiger partial charge on any atom is 0.0738 e. The SMILES string of the molecule is CSc1ccc(-c2c3ccc([nH]3)c(-c3c(C)cc(C)cc3C)c3nc(c(-c4c(C)cc(C)cc4C)c4nc(c(-c5c(C)cc(C)cc5C)c5ccc2[nH]5)C=C4)C=C3)cc1. The number of hydrogen-bond acceptors (Lipinski definition) is 3. The van der Waals surface area contributed by atoms with Crippen LogP contribution in [0.5, 0.6) is 0 Å². The number of aromatic nitrogens is 4. The van der Waals surface area contributed by atoms with Gasteiger partial charge in [-0.05, 0) is 185 Å². The molecule has 0 spiro atoms. The smallest absolute Gasteiger partial charge is 0.0738 e. The van der Waals surface area contributed by atoms with Crippen molar-refractivity contribution in [2.24, 2.45) is 0 Å². The van der Waals surface area contributed by atoms with Crippen molar-refractivity contribution in [3.8, 4) is 44.5 Å². The fourth-order valence-electron chi connectivity index (χ4n) is 9.78. The molecule has 9 rings (SSSR count). The van der Waals surface area contributed by atoms with Crippen molar-refractivity contribution in [3.05, 3.63) is 158 Å². The topological polar surface area (TPSA) is 57.4 Å². The molecule has 0 aliphatic carbocycles. The Bertz CT molecular complexity index is 2890. The van der Waals surface area contributed by atoms with E-state index in [1.54, 1.807) is 11.8 Å². The Kier molecular flexibility index (Phi) is 9.68. The number of benzene rings is 4. The van der Waals surface area contributed by atoms with Crippen LogP contribution in [0.25, 0.3) is 90.9 Å². The molecule has 0 saturated carbocycles. The molecule has 0 atom stereocenters. The Labute approximate surface area is 352 Å². The average molecular weight is 787 g/mol. The molecule has 0 unspecified atom stereocenters. The van der Waals surface area contributed by atoms with Crippen molar-refractivity contribution in [1.82, 2.24) is 19.9 Å². The van der Waals surface area contributed by atoms with Gasteiger partial charge in [0.2, 0.25) is 0 Å². The third kappa shape index (κ3) is 6.77. The summed E-state index contributed by atoms with van der Waals surface area (Å²) in [6.45, 7) is 19.8. The zero-order valence-corrected chi connectivity index (χ0v) is 36.5. The highest BCUT2D eigenvalue weighted by Gasteiger charge is 2.23. The molecule has 7 aromatic rings. The number of H-pyrrole nitrogens is 2. The molecule has 5 heterocycles. The predicted molar refractivity (Wildman–Crippen MR) is 255 cm³/mol. The minimum Gasteiger partial charge on any atom is -0.354 e. The standard InChI is InChI=1S/C54H50N4S/c1-29-23-32(4)48(33(5)24-29)52-42-17-15-40(55-42)51(38-11-13-39(59-10)14-12-38)41-16-18-43(56-41)53(49-34(6)25-30(2)26-35(49)7)45-20-22-47(58-45)54(46-21-19-44(52)57-46)50-36(8)27-31(3)28-37(50)9/h11-28,55-56H,1-10H3. The first-order valence-corrected chi connectivity index (χ1v) is 21.7. The predicted octanol–water partition coefficient (Wildman–Crippen LogP) is 14.8. The van der Waals surface area contributed by atoms with Gasteiger partial charge in [-0.25, -0.2) is 9.97 Å². The van der Waals surface area contributed by atoms with Crippen molar-refractivity contribution >= 4 is 58.1 Å².